The van der Waals surface area contributed by atoms with Gasteiger partial charge in [-0.3, -0.25) is 9.78 Å². The monoisotopic (exact) mass is 282 g/mol. The Morgan fingerprint density at radius 3 is 2.62 bits per heavy atom. The van der Waals surface area contributed by atoms with Crippen molar-refractivity contribution < 1.29 is 14.3 Å². The molecular formula is C14H10N4O3. The molecule has 104 valence electrons. The van der Waals surface area contributed by atoms with E-state index in [1.807, 2.05) is 0 Å². The molecule has 1 amide bonds. The standard InChI is InChI=1S/C14H10N4O3/c15-12(19)10-11(9-5-1-2-6-16-9)21-14(18-10)8-4-3-7-17-13(8)20/h1-7H,(H2,15,19)(H,17,20). The molecule has 0 spiro atoms. The SMILES string of the molecule is NC(=O)c1nc(-c2cccnc2O)oc1-c1ccccn1. The Balaban J connectivity index is 2.18. The van der Waals surface area contributed by atoms with Crippen LogP contribution in [0.2, 0.25) is 0 Å². The number of pyridine rings is 2. The van der Waals surface area contributed by atoms with E-state index in [2.05, 4.69) is 15.0 Å². The van der Waals surface area contributed by atoms with Crippen LogP contribution in [0.4, 0.5) is 0 Å². The third kappa shape index (κ3) is 2.32. The number of aromatic nitrogens is 3. The van der Waals surface area contributed by atoms with Crippen LogP contribution < -0.4 is 5.73 Å². The van der Waals surface area contributed by atoms with E-state index in [1.54, 1.807) is 36.5 Å². The van der Waals surface area contributed by atoms with Crippen LogP contribution in [0.15, 0.2) is 47.1 Å². The largest absolute Gasteiger partial charge is 0.493 e. The van der Waals surface area contributed by atoms with Gasteiger partial charge in [-0.1, -0.05) is 6.07 Å². The molecule has 0 saturated heterocycles. The average Bonchev–Trinajstić information content (AvgIpc) is 2.94. The normalized spacial score (nSPS) is 10.5. The van der Waals surface area contributed by atoms with Gasteiger partial charge in [0.05, 0.1) is 5.56 Å². The van der Waals surface area contributed by atoms with Gasteiger partial charge in [-0.25, -0.2) is 9.97 Å². The van der Waals surface area contributed by atoms with Crippen LogP contribution in [0, 0.1) is 0 Å². The van der Waals surface area contributed by atoms with E-state index in [-0.39, 0.29) is 28.8 Å². The molecule has 3 aromatic rings. The van der Waals surface area contributed by atoms with Crippen molar-refractivity contribution in [3.63, 3.8) is 0 Å². The summed E-state index contributed by atoms with van der Waals surface area (Å²) in [6.07, 6.45) is 2.99. The molecule has 0 aromatic carbocycles. The number of rotatable bonds is 3. The van der Waals surface area contributed by atoms with Crippen LogP contribution in [0.1, 0.15) is 10.5 Å². The molecule has 0 atom stereocenters. The van der Waals surface area contributed by atoms with E-state index < -0.39 is 5.91 Å². The Bertz CT molecular complexity index is 799. The number of aromatic hydroxyl groups is 1. The first-order chi connectivity index (χ1) is 10.2. The summed E-state index contributed by atoms with van der Waals surface area (Å²) in [6, 6.07) is 8.33. The zero-order valence-electron chi connectivity index (χ0n) is 10.7. The minimum atomic E-state index is -0.742. The van der Waals surface area contributed by atoms with Crippen molar-refractivity contribution in [1.82, 2.24) is 15.0 Å². The van der Waals surface area contributed by atoms with Crippen molar-refractivity contribution >= 4 is 5.91 Å². The highest BCUT2D eigenvalue weighted by Gasteiger charge is 2.22. The average molecular weight is 282 g/mol. The smallest absolute Gasteiger partial charge is 0.271 e. The lowest BCUT2D eigenvalue weighted by molar-refractivity contribution is 0.0996. The number of amides is 1. The predicted molar refractivity (Wildman–Crippen MR) is 73.1 cm³/mol. The molecule has 0 saturated carbocycles. The summed E-state index contributed by atoms with van der Waals surface area (Å²) in [5, 5.41) is 9.73. The highest BCUT2D eigenvalue weighted by atomic mass is 16.4. The van der Waals surface area contributed by atoms with Gasteiger partial charge in [-0.15, -0.1) is 0 Å². The molecular weight excluding hydrogens is 272 g/mol. The molecule has 3 N–H and O–H groups in total. The Kier molecular flexibility index (Phi) is 3.07. The van der Waals surface area contributed by atoms with Crippen LogP contribution >= 0.6 is 0 Å². The van der Waals surface area contributed by atoms with Gasteiger partial charge in [-0.2, -0.15) is 0 Å². The van der Waals surface area contributed by atoms with Crippen molar-refractivity contribution in [2.75, 3.05) is 0 Å². The number of oxazole rings is 1. The number of primary amides is 1. The Labute approximate surface area is 119 Å². The topological polar surface area (TPSA) is 115 Å². The molecule has 7 nitrogen and oxygen atoms in total. The van der Waals surface area contributed by atoms with E-state index >= 15 is 0 Å². The lowest BCUT2D eigenvalue weighted by Gasteiger charge is -1.97. The molecule has 0 aliphatic heterocycles. The lowest BCUT2D eigenvalue weighted by atomic mass is 10.2. The zero-order valence-corrected chi connectivity index (χ0v) is 10.7. The van der Waals surface area contributed by atoms with Gasteiger partial charge in [0.25, 0.3) is 5.91 Å². The molecule has 0 unspecified atom stereocenters. The van der Waals surface area contributed by atoms with Gasteiger partial charge in [0.2, 0.25) is 11.8 Å². The number of carbonyl (C=O) groups excluding carboxylic acids is 1. The van der Waals surface area contributed by atoms with E-state index in [0.29, 0.717) is 5.69 Å². The molecule has 0 radical (unpaired) electrons. The number of hydrogen-bond donors (Lipinski definition) is 2. The van der Waals surface area contributed by atoms with Crippen molar-refractivity contribution in [2.24, 2.45) is 5.73 Å². The Morgan fingerprint density at radius 1 is 1.14 bits per heavy atom. The van der Waals surface area contributed by atoms with E-state index in [0.717, 1.165) is 0 Å². The minimum Gasteiger partial charge on any atom is -0.493 e. The number of nitrogens with zero attached hydrogens (tertiary/aromatic N) is 3. The van der Waals surface area contributed by atoms with E-state index in [4.69, 9.17) is 10.2 Å². The predicted octanol–water partition coefficient (Wildman–Crippen LogP) is 1.60. The summed E-state index contributed by atoms with van der Waals surface area (Å²) in [5.41, 5.74) is 5.96. The molecule has 3 aromatic heterocycles. The van der Waals surface area contributed by atoms with Crippen LogP contribution in [0.25, 0.3) is 22.9 Å². The molecule has 0 bridgehead atoms. The third-order valence-corrected chi connectivity index (χ3v) is 2.78. The van der Waals surface area contributed by atoms with Crippen molar-refractivity contribution in [3.05, 3.63) is 48.4 Å². The minimum absolute atomic E-state index is 0.0491. The number of carbonyl (C=O) groups is 1. The fourth-order valence-corrected chi connectivity index (χ4v) is 1.84. The van der Waals surface area contributed by atoms with Gasteiger partial charge in [0.15, 0.2) is 11.5 Å². The first-order valence-electron chi connectivity index (χ1n) is 6.03. The molecule has 3 heterocycles. The van der Waals surface area contributed by atoms with Crippen molar-refractivity contribution in [3.8, 4) is 28.8 Å². The fraction of sp³-hybridized carbons (Fsp3) is 0. The molecule has 0 aliphatic carbocycles. The molecule has 7 heteroatoms. The van der Waals surface area contributed by atoms with Gasteiger partial charge in [0.1, 0.15) is 5.69 Å². The highest BCUT2D eigenvalue weighted by Crippen LogP contribution is 2.31. The second-order valence-corrected chi connectivity index (χ2v) is 4.15. The summed E-state index contributed by atoms with van der Waals surface area (Å²) < 4.78 is 5.55. The molecule has 0 aliphatic rings. The van der Waals surface area contributed by atoms with Crippen molar-refractivity contribution in [1.29, 1.82) is 0 Å². The summed E-state index contributed by atoms with van der Waals surface area (Å²) in [4.78, 5) is 23.4. The van der Waals surface area contributed by atoms with Crippen LogP contribution in [-0.2, 0) is 0 Å². The Hall–Kier alpha value is -3.22. The lowest BCUT2D eigenvalue weighted by Crippen LogP contribution is -2.12. The summed E-state index contributed by atoms with van der Waals surface area (Å²) in [7, 11) is 0. The van der Waals surface area contributed by atoms with Gasteiger partial charge >= 0.3 is 0 Å². The van der Waals surface area contributed by atoms with Gasteiger partial charge in [0, 0.05) is 12.4 Å². The fourth-order valence-electron chi connectivity index (χ4n) is 1.84. The summed E-state index contributed by atoms with van der Waals surface area (Å²) >= 11 is 0. The first kappa shape index (κ1) is 12.8. The van der Waals surface area contributed by atoms with Gasteiger partial charge < -0.3 is 15.3 Å². The number of hydrogen-bond acceptors (Lipinski definition) is 6. The maximum Gasteiger partial charge on any atom is 0.271 e. The third-order valence-electron chi connectivity index (χ3n) is 2.78. The molecule has 0 fully saturated rings. The quantitative estimate of drug-likeness (QED) is 0.754. The molecule has 21 heavy (non-hydrogen) atoms. The highest BCUT2D eigenvalue weighted by molar-refractivity contribution is 5.96. The van der Waals surface area contributed by atoms with E-state index in [9.17, 15) is 9.90 Å². The summed E-state index contributed by atoms with van der Waals surface area (Å²) in [6.45, 7) is 0. The number of nitrogens with two attached hydrogens (primary N) is 1. The van der Waals surface area contributed by atoms with Crippen molar-refractivity contribution in [2.45, 2.75) is 0 Å². The second-order valence-electron chi connectivity index (χ2n) is 4.15. The molecule has 3 rings (SSSR count). The van der Waals surface area contributed by atoms with Crippen LogP contribution in [0.5, 0.6) is 5.88 Å². The zero-order chi connectivity index (χ0) is 14.8. The van der Waals surface area contributed by atoms with Crippen LogP contribution in [-0.4, -0.2) is 26.0 Å². The maximum atomic E-state index is 11.5. The van der Waals surface area contributed by atoms with E-state index in [1.165, 1.54) is 6.20 Å². The van der Waals surface area contributed by atoms with Gasteiger partial charge in [-0.05, 0) is 24.3 Å². The van der Waals surface area contributed by atoms with Crippen LogP contribution in [0.3, 0.4) is 0 Å². The Morgan fingerprint density at radius 2 is 1.95 bits per heavy atom. The second kappa shape index (κ2) is 5.04. The summed E-state index contributed by atoms with van der Waals surface area (Å²) in [5.74, 6) is -0.784. The maximum absolute atomic E-state index is 11.5. The first-order valence-corrected chi connectivity index (χ1v) is 6.03.